The van der Waals surface area contributed by atoms with Gasteiger partial charge in [0.25, 0.3) is 0 Å². The van der Waals surface area contributed by atoms with Gasteiger partial charge in [-0.15, -0.1) is 11.8 Å². The molecule has 0 amide bonds. The summed E-state index contributed by atoms with van der Waals surface area (Å²) in [4.78, 5) is 11.5. The first-order chi connectivity index (χ1) is 7.65. The van der Waals surface area contributed by atoms with Gasteiger partial charge in [-0.2, -0.15) is 0 Å². The van der Waals surface area contributed by atoms with Crippen molar-refractivity contribution in [3.63, 3.8) is 0 Å². The Labute approximate surface area is 97.6 Å². The highest BCUT2D eigenvalue weighted by atomic mass is 32.2. The number of aliphatic hydroxyl groups excluding tert-OH is 1. The number of aliphatic hydroxyl groups is 1. The van der Waals surface area contributed by atoms with Gasteiger partial charge in [0.15, 0.2) is 0 Å². The van der Waals surface area contributed by atoms with Gasteiger partial charge in [-0.1, -0.05) is 0 Å². The van der Waals surface area contributed by atoms with E-state index < -0.39 is 0 Å². The van der Waals surface area contributed by atoms with Crippen molar-refractivity contribution in [2.75, 3.05) is 12.9 Å². The third-order valence-electron chi connectivity index (χ3n) is 1.92. The summed E-state index contributed by atoms with van der Waals surface area (Å²) in [6.07, 6.45) is 0.284. The van der Waals surface area contributed by atoms with E-state index in [1.165, 1.54) is 31.0 Å². The fourth-order valence-electron chi connectivity index (χ4n) is 1.15. The number of methoxy groups -OCH3 is 1. The average molecular weight is 244 g/mol. The van der Waals surface area contributed by atoms with Crippen molar-refractivity contribution in [2.24, 2.45) is 0 Å². The fraction of sp³-hybridized carbons (Fsp3) is 0.364. The minimum Gasteiger partial charge on any atom is -0.469 e. The number of ether oxygens (including phenoxy) is 1. The molecule has 0 aliphatic rings. The minimum atomic E-state index is -0.382. The predicted octanol–water partition coefficient (Wildman–Crippen LogP) is 1.97. The smallest absolute Gasteiger partial charge is 0.306 e. The number of esters is 1. The van der Waals surface area contributed by atoms with Crippen LogP contribution in [0.5, 0.6) is 0 Å². The summed E-state index contributed by atoms with van der Waals surface area (Å²) in [5, 5.41) is 8.89. The monoisotopic (exact) mass is 244 g/mol. The number of hydrogen-bond acceptors (Lipinski definition) is 4. The second-order valence-electron chi connectivity index (χ2n) is 3.13. The van der Waals surface area contributed by atoms with Gasteiger partial charge in [0.1, 0.15) is 5.82 Å². The number of carbonyl (C=O) groups excluding carboxylic acids is 1. The zero-order valence-corrected chi connectivity index (χ0v) is 9.72. The molecule has 0 radical (unpaired) electrons. The third-order valence-corrected chi connectivity index (χ3v) is 2.89. The average Bonchev–Trinajstić information content (AvgIpc) is 2.28. The van der Waals surface area contributed by atoms with Crippen molar-refractivity contribution >= 4 is 17.7 Å². The second kappa shape index (κ2) is 6.50. The van der Waals surface area contributed by atoms with Crippen LogP contribution in [0.15, 0.2) is 23.1 Å². The Balaban J connectivity index is 2.53. The lowest BCUT2D eigenvalue weighted by atomic mass is 10.2. The first-order valence-electron chi connectivity index (χ1n) is 4.75. The van der Waals surface area contributed by atoms with E-state index in [2.05, 4.69) is 4.74 Å². The van der Waals surface area contributed by atoms with Crippen LogP contribution in [0.1, 0.15) is 12.0 Å². The number of halogens is 1. The van der Waals surface area contributed by atoms with Crippen molar-refractivity contribution in [2.45, 2.75) is 17.9 Å². The van der Waals surface area contributed by atoms with Gasteiger partial charge < -0.3 is 9.84 Å². The van der Waals surface area contributed by atoms with Crippen LogP contribution in [-0.4, -0.2) is 23.9 Å². The maximum atomic E-state index is 13.1. The topological polar surface area (TPSA) is 46.5 Å². The van der Waals surface area contributed by atoms with Gasteiger partial charge >= 0.3 is 5.97 Å². The highest BCUT2D eigenvalue weighted by molar-refractivity contribution is 7.99. The van der Waals surface area contributed by atoms with Crippen molar-refractivity contribution in [3.05, 3.63) is 29.6 Å². The van der Waals surface area contributed by atoms with Crippen LogP contribution in [0.3, 0.4) is 0 Å². The molecular formula is C11H13FO3S. The first-order valence-corrected chi connectivity index (χ1v) is 5.74. The van der Waals surface area contributed by atoms with Crippen LogP contribution in [0.2, 0.25) is 0 Å². The molecule has 1 N–H and O–H groups in total. The number of benzene rings is 1. The molecule has 1 aromatic rings. The van der Waals surface area contributed by atoms with Gasteiger partial charge in [0.2, 0.25) is 0 Å². The second-order valence-corrected chi connectivity index (χ2v) is 4.30. The van der Waals surface area contributed by atoms with Crippen molar-refractivity contribution in [3.8, 4) is 0 Å². The van der Waals surface area contributed by atoms with Crippen LogP contribution < -0.4 is 0 Å². The zero-order valence-electron chi connectivity index (χ0n) is 8.90. The van der Waals surface area contributed by atoms with Crippen molar-refractivity contribution < 1.29 is 19.0 Å². The molecule has 88 valence electrons. The lowest BCUT2D eigenvalue weighted by Crippen LogP contribution is -2.01. The van der Waals surface area contributed by atoms with E-state index in [0.717, 1.165) is 0 Å². The summed E-state index contributed by atoms with van der Waals surface area (Å²) >= 11 is 1.36. The maximum Gasteiger partial charge on any atom is 0.306 e. The summed E-state index contributed by atoms with van der Waals surface area (Å²) in [7, 11) is 1.33. The Bertz CT molecular complexity index is 368. The van der Waals surface area contributed by atoms with Crippen molar-refractivity contribution in [1.82, 2.24) is 0 Å². The van der Waals surface area contributed by atoms with Crippen LogP contribution in [0.4, 0.5) is 4.39 Å². The summed E-state index contributed by atoms with van der Waals surface area (Å²) in [6, 6.07) is 4.36. The molecule has 1 rings (SSSR count). The third kappa shape index (κ3) is 4.20. The maximum absolute atomic E-state index is 13.1. The summed E-state index contributed by atoms with van der Waals surface area (Å²) in [6.45, 7) is -0.192. The van der Waals surface area contributed by atoms with E-state index in [4.69, 9.17) is 5.11 Å². The Morgan fingerprint density at radius 2 is 2.25 bits per heavy atom. The fourth-order valence-corrected chi connectivity index (χ4v) is 2.08. The molecule has 0 fully saturated rings. The Morgan fingerprint density at radius 1 is 1.50 bits per heavy atom. The Morgan fingerprint density at radius 3 is 2.88 bits per heavy atom. The van der Waals surface area contributed by atoms with E-state index in [1.807, 2.05) is 0 Å². The predicted molar refractivity (Wildman–Crippen MR) is 59.7 cm³/mol. The van der Waals surface area contributed by atoms with E-state index in [1.54, 1.807) is 6.07 Å². The molecule has 3 nitrogen and oxygen atoms in total. The van der Waals surface area contributed by atoms with Crippen molar-refractivity contribution in [1.29, 1.82) is 0 Å². The number of hydrogen-bond donors (Lipinski definition) is 1. The molecule has 0 atom stereocenters. The molecule has 0 heterocycles. The quantitative estimate of drug-likeness (QED) is 0.635. The molecule has 1 aromatic carbocycles. The minimum absolute atomic E-state index is 0.192. The number of carbonyl (C=O) groups is 1. The van der Waals surface area contributed by atoms with Gasteiger partial charge in [-0.25, -0.2) is 4.39 Å². The molecule has 0 saturated heterocycles. The van der Waals surface area contributed by atoms with Gasteiger partial charge in [0, 0.05) is 10.6 Å². The van der Waals surface area contributed by atoms with Crippen LogP contribution in [0.25, 0.3) is 0 Å². The van der Waals surface area contributed by atoms with Crippen LogP contribution in [0, 0.1) is 5.82 Å². The van der Waals surface area contributed by atoms with Crippen LogP contribution in [-0.2, 0) is 16.1 Å². The molecule has 0 aromatic heterocycles. The Hall–Kier alpha value is -1.07. The van der Waals surface area contributed by atoms with E-state index in [0.29, 0.717) is 16.2 Å². The van der Waals surface area contributed by atoms with Gasteiger partial charge in [-0.3, -0.25) is 4.79 Å². The molecule has 0 bridgehead atoms. The van der Waals surface area contributed by atoms with E-state index >= 15 is 0 Å². The number of rotatable bonds is 5. The molecule has 5 heteroatoms. The summed E-state index contributed by atoms with van der Waals surface area (Å²) in [5.74, 6) is -0.139. The normalized spacial score (nSPS) is 10.2. The largest absolute Gasteiger partial charge is 0.469 e. The summed E-state index contributed by atoms with van der Waals surface area (Å²) < 4.78 is 17.5. The van der Waals surface area contributed by atoms with Crippen LogP contribution >= 0.6 is 11.8 Å². The summed E-state index contributed by atoms with van der Waals surface area (Å²) in [5.41, 5.74) is 0.528. The van der Waals surface area contributed by atoms with E-state index in [-0.39, 0.29) is 24.8 Å². The SMILES string of the molecule is COC(=O)CCSc1cc(F)cc(CO)c1. The highest BCUT2D eigenvalue weighted by Gasteiger charge is 2.03. The highest BCUT2D eigenvalue weighted by Crippen LogP contribution is 2.21. The zero-order chi connectivity index (χ0) is 12.0. The molecule has 0 aliphatic carbocycles. The molecular weight excluding hydrogens is 231 g/mol. The standard InChI is InChI=1S/C11H13FO3S/c1-15-11(14)2-3-16-10-5-8(7-13)4-9(12)6-10/h4-6,13H,2-3,7H2,1H3. The molecule has 0 aliphatic heterocycles. The van der Waals surface area contributed by atoms with Gasteiger partial charge in [0.05, 0.1) is 20.1 Å². The van der Waals surface area contributed by atoms with E-state index in [9.17, 15) is 9.18 Å². The number of thioether (sulfide) groups is 1. The van der Waals surface area contributed by atoms with Gasteiger partial charge in [-0.05, 0) is 23.8 Å². The molecule has 16 heavy (non-hydrogen) atoms. The lowest BCUT2D eigenvalue weighted by Gasteiger charge is -2.03. The first kappa shape index (κ1) is 13.0. The molecule has 0 saturated carbocycles. The molecule has 0 unspecified atom stereocenters. The lowest BCUT2D eigenvalue weighted by molar-refractivity contribution is -0.140. The Kier molecular flexibility index (Phi) is 5.28. The molecule has 0 spiro atoms.